The molecule has 0 aliphatic carbocycles. The van der Waals surface area contributed by atoms with E-state index < -0.39 is 67.4 Å². The van der Waals surface area contributed by atoms with Gasteiger partial charge in [-0.1, -0.05) is 37.6 Å². The van der Waals surface area contributed by atoms with Crippen molar-refractivity contribution in [2.45, 2.75) is 62.7 Å². The number of aromatic nitrogens is 1. The first-order valence-corrected chi connectivity index (χ1v) is 14.0. The lowest BCUT2D eigenvalue weighted by molar-refractivity contribution is -0.333. The summed E-state index contributed by atoms with van der Waals surface area (Å²) in [7, 11) is 1.27. The summed E-state index contributed by atoms with van der Waals surface area (Å²) in [6.07, 6.45) is 1.02. The van der Waals surface area contributed by atoms with Crippen LogP contribution in [0.1, 0.15) is 57.5 Å². The molecular formula is C31H37NO11. The van der Waals surface area contributed by atoms with Gasteiger partial charge in [0.2, 0.25) is 6.29 Å². The predicted octanol–water partition coefficient (Wildman–Crippen LogP) is 1.96. The van der Waals surface area contributed by atoms with Crippen LogP contribution >= 0.6 is 0 Å². The fraction of sp³-hybridized carbons (Fsp3) is 0.452. The number of nitrogens with zero attached hydrogens (tertiary/aromatic N) is 1. The highest BCUT2D eigenvalue weighted by molar-refractivity contribution is 5.92. The maximum absolute atomic E-state index is 12.8. The number of aliphatic hydroxyl groups is 4. The Kier molecular flexibility index (Phi) is 11.0. The minimum absolute atomic E-state index is 0.249. The molecular weight excluding hydrogens is 562 g/mol. The van der Waals surface area contributed by atoms with Crippen molar-refractivity contribution in [1.82, 2.24) is 4.98 Å². The van der Waals surface area contributed by atoms with E-state index in [1.165, 1.54) is 13.3 Å². The van der Waals surface area contributed by atoms with Gasteiger partial charge in [-0.25, -0.2) is 9.59 Å². The molecule has 1 aromatic heterocycles. The molecule has 1 unspecified atom stereocenters. The molecule has 232 valence electrons. The molecule has 0 bridgehead atoms. The fourth-order valence-corrected chi connectivity index (χ4v) is 5.02. The number of allylic oxidation sites excluding steroid dienone is 1. The predicted molar refractivity (Wildman–Crippen MR) is 152 cm³/mol. The summed E-state index contributed by atoms with van der Waals surface area (Å²) < 4.78 is 28.0. The summed E-state index contributed by atoms with van der Waals surface area (Å²) >= 11 is 0. The van der Waals surface area contributed by atoms with Gasteiger partial charge in [0.1, 0.15) is 30.2 Å². The largest absolute Gasteiger partial charge is 0.465 e. The lowest BCUT2D eigenvalue weighted by Gasteiger charge is -2.43. The maximum atomic E-state index is 12.8. The average Bonchev–Trinajstić information content (AvgIpc) is 3.03. The number of hydrogen-bond donors (Lipinski definition) is 4. The minimum atomic E-state index is -1.66. The van der Waals surface area contributed by atoms with Crippen molar-refractivity contribution in [3.63, 3.8) is 0 Å². The Balaban J connectivity index is 1.69. The van der Waals surface area contributed by atoms with E-state index in [4.69, 9.17) is 23.7 Å². The van der Waals surface area contributed by atoms with Crippen molar-refractivity contribution in [2.24, 2.45) is 5.92 Å². The van der Waals surface area contributed by atoms with Gasteiger partial charge in [0.15, 0.2) is 6.29 Å². The number of benzene rings is 1. The SMILES string of the molecule is C=C[C@@H]1C(/C=C/c2cncc(C(=O)OCCCC)c2)c2c(cccc2C(=O)OC)O[C@H]1O[C@@H]1O[C@H](CO)[C@@H](O)[C@H](O)[C@H]1O. The monoisotopic (exact) mass is 599 g/mol. The molecule has 1 saturated heterocycles. The molecule has 1 aromatic carbocycles. The third-order valence-corrected chi connectivity index (χ3v) is 7.39. The minimum Gasteiger partial charge on any atom is -0.465 e. The van der Waals surface area contributed by atoms with Crippen molar-refractivity contribution >= 4 is 18.0 Å². The van der Waals surface area contributed by atoms with Crippen LogP contribution in [0.5, 0.6) is 5.75 Å². The summed E-state index contributed by atoms with van der Waals surface area (Å²) in [5.74, 6) is -2.08. The van der Waals surface area contributed by atoms with Crippen molar-refractivity contribution < 1.29 is 53.7 Å². The van der Waals surface area contributed by atoms with Crippen molar-refractivity contribution in [3.8, 4) is 5.75 Å². The van der Waals surface area contributed by atoms with Crippen molar-refractivity contribution in [2.75, 3.05) is 20.3 Å². The van der Waals surface area contributed by atoms with E-state index in [2.05, 4.69) is 11.6 Å². The number of carbonyl (C=O) groups is 2. The van der Waals surface area contributed by atoms with Crippen LogP contribution in [0.25, 0.3) is 6.08 Å². The average molecular weight is 600 g/mol. The van der Waals surface area contributed by atoms with Gasteiger partial charge in [0.05, 0.1) is 31.5 Å². The molecule has 2 aliphatic heterocycles. The molecule has 0 amide bonds. The van der Waals surface area contributed by atoms with Crippen molar-refractivity contribution in [1.29, 1.82) is 0 Å². The zero-order valence-corrected chi connectivity index (χ0v) is 23.9. The van der Waals surface area contributed by atoms with Gasteiger partial charge in [-0.05, 0) is 30.2 Å². The zero-order chi connectivity index (χ0) is 31.1. The summed E-state index contributed by atoms with van der Waals surface area (Å²) in [5.41, 5.74) is 1.61. The highest BCUT2D eigenvalue weighted by Gasteiger charge is 2.47. The highest BCUT2D eigenvalue weighted by Crippen LogP contribution is 2.45. The molecule has 0 saturated carbocycles. The number of aliphatic hydroxyl groups excluding tert-OH is 4. The Bertz CT molecular complexity index is 1310. The second-order valence-corrected chi connectivity index (χ2v) is 10.2. The van der Waals surface area contributed by atoms with Crippen LogP contribution < -0.4 is 4.74 Å². The van der Waals surface area contributed by atoms with Gasteiger partial charge < -0.3 is 44.1 Å². The van der Waals surface area contributed by atoms with E-state index in [1.807, 2.05) is 6.92 Å². The standard InChI is InChI=1S/C31H37NO11/c1-4-6-12-40-28(37)18-13-17(14-32-15-18)10-11-20-19(5-2)30(41-22-9-7-8-21(24(20)22)29(38)39-3)43-31-27(36)26(35)25(34)23(16-33)42-31/h5,7-11,13-15,19-20,23,25-27,30-31,33-36H,2,4,6,12,16H2,1,3H3/b11-10+/t19-,20?,23-,25-,26+,27-,30+,31+/m1/s1. The number of methoxy groups -OCH3 is 1. The topological polar surface area (TPSA) is 174 Å². The molecule has 4 N–H and O–H groups in total. The molecule has 8 atom stereocenters. The Morgan fingerprint density at radius 1 is 1.09 bits per heavy atom. The second-order valence-electron chi connectivity index (χ2n) is 10.2. The molecule has 0 radical (unpaired) electrons. The molecule has 0 spiro atoms. The van der Waals surface area contributed by atoms with E-state index in [9.17, 15) is 30.0 Å². The Hall–Kier alpha value is -3.65. The summed E-state index contributed by atoms with van der Waals surface area (Å²) in [5, 5.41) is 40.6. The molecule has 3 heterocycles. The molecule has 4 rings (SSSR count). The fourth-order valence-electron chi connectivity index (χ4n) is 5.02. The molecule has 43 heavy (non-hydrogen) atoms. The Morgan fingerprint density at radius 2 is 1.88 bits per heavy atom. The van der Waals surface area contributed by atoms with E-state index in [-0.39, 0.29) is 16.9 Å². The molecule has 12 heteroatoms. The van der Waals surface area contributed by atoms with Gasteiger partial charge in [-0.3, -0.25) is 4.98 Å². The van der Waals surface area contributed by atoms with Crippen LogP contribution in [0.2, 0.25) is 0 Å². The van der Waals surface area contributed by atoms with Crippen LogP contribution in [-0.4, -0.2) is 94.7 Å². The van der Waals surface area contributed by atoms with Gasteiger partial charge in [-0.15, -0.1) is 6.58 Å². The van der Waals surface area contributed by atoms with Gasteiger partial charge >= 0.3 is 11.9 Å². The third-order valence-electron chi connectivity index (χ3n) is 7.39. The lowest BCUT2D eigenvalue weighted by Crippen LogP contribution is -2.60. The normalized spacial score (nSPS) is 28.5. The smallest absolute Gasteiger partial charge is 0.339 e. The number of hydrogen-bond acceptors (Lipinski definition) is 12. The molecule has 2 aromatic rings. The maximum Gasteiger partial charge on any atom is 0.339 e. The summed E-state index contributed by atoms with van der Waals surface area (Å²) in [6.45, 7) is 5.61. The van der Waals surface area contributed by atoms with Gasteiger partial charge in [-0.2, -0.15) is 0 Å². The Morgan fingerprint density at radius 3 is 2.58 bits per heavy atom. The van der Waals surface area contributed by atoms with E-state index >= 15 is 0 Å². The number of rotatable bonds is 11. The number of pyridine rings is 1. The van der Waals surface area contributed by atoms with Crippen molar-refractivity contribution in [3.05, 3.63) is 77.6 Å². The molecule has 12 nitrogen and oxygen atoms in total. The van der Waals surface area contributed by atoms with Crippen LogP contribution in [0.15, 0.2) is 55.4 Å². The molecule has 2 aliphatic rings. The number of unbranched alkanes of at least 4 members (excludes halogenated alkanes) is 1. The highest BCUT2D eigenvalue weighted by atomic mass is 16.8. The number of esters is 2. The van der Waals surface area contributed by atoms with Gasteiger partial charge in [0, 0.05) is 29.8 Å². The van der Waals surface area contributed by atoms with E-state index in [0.717, 1.165) is 12.8 Å². The first-order valence-electron chi connectivity index (χ1n) is 14.0. The number of ether oxygens (including phenoxy) is 5. The summed E-state index contributed by atoms with van der Waals surface area (Å²) in [6, 6.07) is 6.49. The third kappa shape index (κ3) is 7.12. The second kappa shape index (κ2) is 14.7. The van der Waals surface area contributed by atoms with Crippen LogP contribution in [-0.2, 0) is 18.9 Å². The number of fused-ring (bicyclic) bond motifs is 1. The zero-order valence-electron chi connectivity index (χ0n) is 23.9. The van der Waals surface area contributed by atoms with Crippen LogP contribution in [0, 0.1) is 5.92 Å². The number of carbonyl (C=O) groups excluding carboxylic acids is 2. The van der Waals surface area contributed by atoms with E-state index in [0.29, 0.717) is 17.7 Å². The Labute approximate surface area is 249 Å². The van der Waals surface area contributed by atoms with Crippen LogP contribution in [0.3, 0.4) is 0 Å². The molecule has 1 fully saturated rings. The van der Waals surface area contributed by atoms with Gasteiger partial charge in [0.25, 0.3) is 0 Å². The van der Waals surface area contributed by atoms with Crippen LogP contribution in [0.4, 0.5) is 0 Å². The quantitative estimate of drug-likeness (QED) is 0.168. The first kappa shape index (κ1) is 32.3. The lowest BCUT2D eigenvalue weighted by atomic mass is 9.80. The summed E-state index contributed by atoms with van der Waals surface area (Å²) in [4.78, 5) is 29.4. The first-order chi connectivity index (χ1) is 20.7. The van der Waals surface area contributed by atoms with E-state index in [1.54, 1.807) is 48.7 Å².